The number of imidazole rings is 1. The Morgan fingerprint density at radius 1 is 0.909 bits per heavy atom. The summed E-state index contributed by atoms with van der Waals surface area (Å²) in [5, 5.41) is 2.17. The van der Waals surface area contributed by atoms with E-state index in [4.69, 9.17) is 0 Å². The molecule has 0 spiro atoms. The predicted molar refractivity (Wildman–Crippen MR) is 88.9 cm³/mol. The van der Waals surface area contributed by atoms with Crippen LogP contribution in [0.2, 0.25) is 0 Å². The Bertz CT molecular complexity index is 826. The van der Waals surface area contributed by atoms with Crippen molar-refractivity contribution in [2.45, 2.75) is 18.8 Å². The average Bonchev–Trinajstić information content (AvgIpc) is 2.91. The van der Waals surface area contributed by atoms with Crippen molar-refractivity contribution in [1.29, 1.82) is 0 Å². The van der Waals surface area contributed by atoms with E-state index in [1.54, 1.807) is 4.68 Å². The van der Waals surface area contributed by atoms with Gasteiger partial charge in [-0.15, -0.1) is 0 Å². The fourth-order valence-corrected chi connectivity index (χ4v) is 3.45. The summed E-state index contributed by atoms with van der Waals surface area (Å²) in [6.07, 6.45) is 2.16. The maximum Gasteiger partial charge on any atom is 0.345 e. The molecule has 1 fully saturated rings. The van der Waals surface area contributed by atoms with E-state index in [1.165, 1.54) is 5.56 Å². The van der Waals surface area contributed by atoms with Crippen molar-refractivity contribution in [3.63, 3.8) is 0 Å². The number of hydrogen-bond acceptors (Lipinski definition) is 2. The molecular weight excluding hydrogens is 274 g/mol. The Hall–Kier alpha value is -2.49. The highest BCUT2D eigenvalue weighted by Gasteiger charge is 2.22. The molecule has 0 bridgehead atoms. The first-order chi connectivity index (χ1) is 10.8. The van der Waals surface area contributed by atoms with Gasteiger partial charge in [0.15, 0.2) is 0 Å². The average molecular weight is 293 g/mol. The molecule has 112 valence electrons. The molecule has 4 heteroatoms. The maximum atomic E-state index is 12.3. The van der Waals surface area contributed by atoms with Crippen molar-refractivity contribution in [2.75, 3.05) is 18.1 Å². The van der Waals surface area contributed by atoms with Gasteiger partial charge in [-0.3, -0.25) is 0 Å². The fourth-order valence-electron chi connectivity index (χ4n) is 3.45. The molecule has 0 amide bonds. The van der Waals surface area contributed by atoms with E-state index in [0.29, 0.717) is 5.92 Å². The van der Waals surface area contributed by atoms with E-state index in [0.717, 1.165) is 37.0 Å². The van der Waals surface area contributed by atoms with E-state index in [9.17, 15) is 4.79 Å². The summed E-state index contributed by atoms with van der Waals surface area (Å²) in [6, 6.07) is 18.5. The second-order valence-corrected chi connectivity index (χ2v) is 5.90. The first-order valence-corrected chi connectivity index (χ1v) is 7.83. The first kappa shape index (κ1) is 13.2. The standard InChI is InChI=1S/C18H19N3O/c22-18-19-16-8-4-5-9-17(16)21(18)20-12-10-15(11-13-20)14-6-2-1-3-7-14/h1-9,15H,10-13H2,(H,19,22). The molecule has 2 aromatic carbocycles. The third-order valence-electron chi connectivity index (χ3n) is 4.59. The second-order valence-electron chi connectivity index (χ2n) is 5.90. The van der Waals surface area contributed by atoms with Gasteiger partial charge in [-0.2, -0.15) is 0 Å². The monoisotopic (exact) mass is 293 g/mol. The molecule has 4 nitrogen and oxygen atoms in total. The Morgan fingerprint density at radius 2 is 1.59 bits per heavy atom. The molecule has 2 heterocycles. The van der Waals surface area contributed by atoms with Gasteiger partial charge in [0.25, 0.3) is 0 Å². The van der Waals surface area contributed by atoms with Gasteiger partial charge in [0.05, 0.1) is 11.0 Å². The highest BCUT2D eigenvalue weighted by Crippen LogP contribution is 2.27. The third-order valence-corrected chi connectivity index (χ3v) is 4.59. The van der Waals surface area contributed by atoms with Gasteiger partial charge < -0.3 is 9.99 Å². The second kappa shape index (κ2) is 5.37. The predicted octanol–water partition coefficient (Wildman–Crippen LogP) is 2.85. The minimum Gasteiger partial charge on any atom is -0.308 e. The number of aromatic amines is 1. The minimum atomic E-state index is -0.0423. The minimum absolute atomic E-state index is 0.0423. The SMILES string of the molecule is O=c1[nH]c2ccccc2n1N1CCC(c2ccccc2)CC1. The zero-order chi connectivity index (χ0) is 14.9. The maximum absolute atomic E-state index is 12.3. The fraction of sp³-hybridized carbons (Fsp3) is 0.278. The molecule has 1 saturated heterocycles. The highest BCUT2D eigenvalue weighted by atomic mass is 16.2. The van der Waals surface area contributed by atoms with Crippen LogP contribution in [0.1, 0.15) is 24.3 Å². The van der Waals surface area contributed by atoms with Crippen molar-refractivity contribution in [3.8, 4) is 0 Å². The number of nitrogens with one attached hydrogen (secondary N) is 1. The Balaban J connectivity index is 1.58. The number of fused-ring (bicyclic) bond motifs is 1. The summed E-state index contributed by atoms with van der Waals surface area (Å²) in [5.41, 5.74) is 3.23. The normalized spacial score (nSPS) is 16.3. The van der Waals surface area contributed by atoms with Gasteiger partial charge in [-0.05, 0) is 36.5 Å². The Morgan fingerprint density at radius 3 is 2.36 bits per heavy atom. The van der Waals surface area contributed by atoms with Crippen molar-refractivity contribution in [3.05, 3.63) is 70.6 Å². The van der Waals surface area contributed by atoms with Crippen LogP contribution in [-0.2, 0) is 0 Å². The van der Waals surface area contributed by atoms with Gasteiger partial charge in [0.1, 0.15) is 0 Å². The molecule has 0 saturated carbocycles. The number of rotatable bonds is 2. The third kappa shape index (κ3) is 2.21. The number of benzene rings is 2. The number of aromatic nitrogens is 2. The molecule has 4 rings (SSSR count). The zero-order valence-corrected chi connectivity index (χ0v) is 12.4. The quantitative estimate of drug-likeness (QED) is 0.789. The molecule has 0 unspecified atom stereocenters. The van der Waals surface area contributed by atoms with Gasteiger partial charge in [-0.25, -0.2) is 9.47 Å². The largest absolute Gasteiger partial charge is 0.345 e. The molecule has 3 aromatic rings. The van der Waals surface area contributed by atoms with Crippen molar-refractivity contribution in [1.82, 2.24) is 9.66 Å². The van der Waals surface area contributed by atoms with Crippen LogP contribution < -0.4 is 10.7 Å². The Kier molecular flexibility index (Phi) is 3.22. The molecule has 0 atom stereocenters. The first-order valence-electron chi connectivity index (χ1n) is 7.83. The molecule has 0 radical (unpaired) electrons. The number of piperidine rings is 1. The smallest absolute Gasteiger partial charge is 0.308 e. The van der Waals surface area contributed by atoms with Crippen LogP contribution in [0.25, 0.3) is 11.0 Å². The van der Waals surface area contributed by atoms with Crippen molar-refractivity contribution in [2.24, 2.45) is 0 Å². The summed E-state index contributed by atoms with van der Waals surface area (Å²) >= 11 is 0. The van der Waals surface area contributed by atoms with E-state index in [-0.39, 0.29) is 5.69 Å². The summed E-state index contributed by atoms with van der Waals surface area (Å²) < 4.78 is 1.80. The van der Waals surface area contributed by atoms with E-state index >= 15 is 0 Å². The summed E-state index contributed by atoms with van der Waals surface area (Å²) in [4.78, 5) is 15.2. The lowest BCUT2D eigenvalue weighted by Crippen LogP contribution is -2.45. The van der Waals surface area contributed by atoms with Crippen LogP contribution in [0, 0.1) is 0 Å². The van der Waals surface area contributed by atoms with Crippen LogP contribution in [0.3, 0.4) is 0 Å². The molecule has 0 aliphatic carbocycles. The van der Waals surface area contributed by atoms with Crippen LogP contribution in [-0.4, -0.2) is 22.7 Å². The Labute approximate surface area is 129 Å². The number of nitrogens with zero attached hydrogens (tertiary/aromatic N) is 2. The van der Waals surface area contributed by atoms with E-state index in [1.807, 2.05) is 24.3 Å². The molecule has 1 aromatic heterocycles. The van der Waals surface area contributed by atoms with Crippen molar-refractivity contribution >= 4 is 11.0 Å². The summed E-state index contributed by atoms with van der Waals surface area (Å²) in [5.74, 6) is 0.596. The van der Waals surface area contributed by atoms with Gasteiger partial charge in [0.2, 0.25) is 0 Å². The number of hydrogen-bond donors (Lipinski definition) is 1. The lowest BCUT2D eigenvalue weighted by atomic mass is 9.90. The van der Waals surface area contributed by atoms with Crippen LogP contribution in [0.15, 0.2) is 59.4 Å². The van der Waals surface area contributed by atoms with Gasteiger partial charge in [-0.1, -0.05) is 42.5 Å². The molecule has 22 heavy (non-hydrogen) atoms. The lowest BCUT2D eigenvalue weighted by Gasteiger charge is -2.34. The van der Waals surface area contributed by atoms with Crippen LogP contribution in [0.4, 0.5) is 0 Å². The van der Waals surface area contributed by atoms with E-state index in [2.05, 4.69) is 40.3 Å². The van der Waals surface area contributed by atoms with Crippen molar-refractivity contribution < 1.29 is 0 Å². The van der Waals surface area contributed by atoms with E-state index < -0.39 is 0 Å². The van der Waals surface area contributed by atoms with Crippen LogP contribution >= 0.6 is 0 Å². The highest BCUT2D eigenvalue weighted by molar-refractivity contribution is 5.75. The molecular formula is C18H19N3O. The molecule has 1 N–H and O–H groups in total. The topological polar surface area (TPSA) is 41.0 Å². The number of H-pyrrole nitrogens is 1. The van der Waals surface area contributed by atoms with Gasteiger partial charge in [0, 0.05) is 13.1 Å². The lowest BCUT2D eigenvalue weighted by molar-refractivity contribution is 0.434. The summed E-state index contributed by atoms with van der Waals surface area (Å²) in [6.45, 7) is 1.81. The summed E-state index contributed by atoms with van der Waals surface area (Å²) in [7, 11) is 0. The molecule has 1 aliphatic heterocycles. The van der Waals surface area contributed by atoms with Gasteiger partial charge >= 0.3 is 5.69 Å². The number of para-hydroxylation sites is 2. The molecule has 1 aliphatic rings. The van der Waals surface area contributed by atoms with Crippen LogP contribution in [0.5, 0.6) is 0 Å². The zero-order valence-electron chi connectivity index (χ0n) is 12.4.